The number of carbonyl (C=O) groups excluding carboxylic acids is 1. The van der Waals surface area contributed by atoms with Crippen LogP contribution in [0.2, 0.25) is 0 Å². The number of hydrogen-bond acceptors (Lipinski definition) is 1. The van der Waals surface area contributed by atoms with Gasteiger partial charge in [-0.3, -0.25) is 4.79 Å². The highest BCUT2D eigenvalue weighted by atomic mass is 16.1. The monoisotopic (exact) mass is 151 g/mol. The van der Waals surface area contributed by atoms with E-state index in [-0.39, 0.29) is 0 Å². The van der Waals surface area contributed by atoms with Gasteiger partial charge in [0.1, 0.15) is 0 Å². The molecule has 0 heterocycles. The first-order valence-electron chi connectivity index (χ1n) is 3.45. The van der Waals surface area contributed by atoms with Crippen molar-refractivity contribution >= 4 is 6.41 Å². The molecule has 0 saturated heterocycles. The zero-order valence-electron chi connectivity index (χ0n) is 6.71. The van der Waals surface area contributed by atoms with Crippen molar-refractivity contribution in [1.82, 2.24) is 5.32 Å². The molecule has 1 N–H and O–H groups in total. The number of carbonyl (C=O) groups is 1. The smallest absolute Gasteiger partial charge is 0.207 e. The van der Waals surface area contributed by atoms with Crippen LogP contribution in [0.25, 0.3) is 0 Å². The van der Waals surface area contributed by atoms with Crippen LogP contribution in [0, 0.1) is 0 Å². The van der Waals surface area contributed by atoms with E-state index in [9.17, 15) is 4.79 Å². The molecule has 0 aromatic heterocycles. The minimum Gasteiger partial charge on any atom is -0.355 e. The van der Waals surface area contributed by atoms with Crippen LogP contribution < -0.4 is 5.32 Å². The van der Waals surface area contributed by atoms with Gasteiger partial charge in [-0.15, -0.1) is 0 Å². The fourth-order valence-electron chi connectivity index (χ4n) is 0.534. The molecule has 0 aliphatic heterocycles. The predicted molar refractivity (Wildman–Crippen MR) is 47.2 cm³/mol. The number of allylic oxidation sites excluding steroid dienone is 3. The molecule has 0 unspecified atom stereocenters. The van der Waals surface area contributed by atoms with Crippen LogP contribution in [0.4, 0.5) is 0 Å². The molecule has 0 aliphatic carbocycles. The average molecular weight is 151 g/mol. The zero-order chi connectivity index (χ0) is 8.53. The quantitative estimate of drug-likeness (QED) is 0.467. The Hall–Kier alpha value is -1.31. The molecule has 0 fully saturated rings. The van der Waals surface area contributed by atoms with E-state index in [0.717, 1.165) is 5.57 Å². The lowest BCUT2D eigenvalue weighted by molar-refractivity contribution is -0.109. The van der Waals surface area contributed by atoms with E-state index in [1.54, 1.807) is 0 Å². The van der Waals surface area contributed by atoms with E-state index in [1.807, 2.05) is 31.2 Å². The van der Waals surface area contributed by atoms with E-state index >= 15 is 0 Å². The van der Waals surface area contributed by atoms with Gasteiger partial charge in [-0.05, 0) is 12.5 Å². The Balaban J connectivity index is 3.59. The molecule has 0 aromatic rings. The van der Waals surface area contributed by atoms with Gasteiger partial charge < -0.3 is 5.32 Å². The highest BCUT2D eigenvalue weighted by Gasteiger charge is 1.83. The maximum atomic E-state index is 9.85. The lowest BCUT2D eigenvalue weighted by Crippen LogP contribution is -2.12. The van der Waals surface area contributed by atoms with Gasteiger partial charge in [-0.25, -0.2) is 0 Å². The summed E-state index contributed by atoms with van der Waals surface area (Å²) < 4.78 is 0. The largest absolute Gasteiger partial charge is 0.355 e. The molecule has 11 heavy (non-hydrogen) atoms. The Labute approximate surface area is 67.3 Å². The first kappa shape index (κ1) is 9.69. The van der Waals surface area contributed by atoms with E-state index in [2.05, 4.69) is 11.9 Å². The summed E-state index contributed by atoms with van der Waals surface area (Å²) in [4.78, 5) is 9.85. The molecule has 0 saturated carbocycles. The molecular weight excluding hydrogens is 138 g/mol. The number of hydrogen-bond donors (Lipinski definition) is 1. The number of rotatable bonds is 5. The molecule has 0 spiro atoms. The lowest BCUT2D eigenvalue weighted by atomic mass is 10.2. The number of nitrogens with one attached hydrogen (secondary N) is 1. The first-order chi connectivity index (χ1) is 5.31. The van der Waals surface area contributed by atoms with Gasteiger partial charge in [0.25, 0.3) is 0 Å². The Morgan fingerprint density at radius 3 is 2.82 bits per heavy atom. The summed E-state index contributed by atoms with van der Waals surface area (Å²) in [6, 6.07) is 0. The molecule has 0 bridgehead atoms. The van der Waals surface area contributed by atoms with E-state index in [4.69, 9.17) is 0 Å². The van der Waals surface area contributed by atoms with Gasteiger partial charge in [0.15, 0.2) is 0 Å². The predicted octanol–water partition coefficient (Wildman–Crippen LogP) is 1.42. The van der Waals surface area contributed by atoms with Gasteiger partial charge in [-0.1, -0.05) is 30.9 Å². The molecule has 2 heteroatoms. The third-order valence-corrected chi connectivity index (χ3v) is 1.05. The molecule has 0 radical (unpaired) electrons. The average Bonchev–Trinajstić information content (AvgIpc) is 2.01. The topological polar surface area (TPSA) is 29.1 Å². The van der Waals surface area contributed by atoms with Crippen molar-refractivity contribution in [1.29, 1.82) is 0 Å². The van der Waals surface area contributed by atoms with Gasteiger partial charge in [0.2, 0.25) is 6.41 Å². The summed E-state index contributed by atoms with van der Waals surface area (Å²) >= 11 is 0. The fourth-order valence-corrected chi connectivity index (χ4v) is 0.534. The van der Waals surface area contributed by atoms with Crippen LogP contribution in [0.3, 0.4) is 0 Å². The molecule has 0 rings (SSSR count). The van der Waals surface area contributed by atoms with E-state index in [0.29, 0.717) is 13.0 Å². The maximum absolute atomic E-state index is 9.85. The molecular formula is C9H13NO. The fraction of sp³-hybridized carbons (Fsp3) is 0.222. The molecule has 2 nitrogen and oxygen atoms in total. The standard InChI is InChI=1S/C9H13NO/c1-3-4-5-6-9(2)7-10-8-11/h3-6,8H,2,7H2,1H3,(H,10,11)/b4-3-,6-5-. The highest BCUT2D eigenvalue weighted by molar-refractivity contribution is 5.47. The SMILES string of the molecule is C=C(/C=C\C=C/C)CNC=O. The van der Waals surface area contributed by atoms with Crippen molar-refractivity contribution < 1.29 is 4.79 Å². The Bertz CT molecular complexity index is 180. The highest BCUT2D eigenvalue weighted by Crippen LogP contribution is 1.89. The second kappa shape index (κ2) is 6.81. The van der Waals surface area contributed by atoms with Crippen LogP contribution in [0.5, 0.6) is 0 Å². The van der Waals surface area contributed by atoms with Crippen molar-refractivity contribution in [2.24, 2.45) is 0 Å². The second-order valence-corrected chi connectivity index (χ2v) is 2.04. The van der Waals surface area contributed by atoms with Gasteiger partial charge in [-0.2, -0.15) is 0 Å². The summed E-state index contributed by atoms with van der Waals surface area (Å²) in [5, 5.41) is 2.52. The second-order valence-electron chi connectivity index (χ2n) is 2.04. The van der Waals surface area contributed by atoms with Crippen LogP contribution in [0.1, 0.15) is 6.92 Å². The summed E-state index contributed by atoms with van der Waals surface area (Å²) in [5.41, 5.74) is 0.884. The van der Waals surface area contributed by atoms with Gasteiger partial charge in [0, 0.05) is 6.54 Å². The van der Waals surface area contributed by atoms with E-state index < -0.39 is 0 Å². The molecule has 1 amide bonds. The normalized spacial score (nSPS) is 10.6. The lowest BCUT2D eigenvalue weighted by Gasteiger charge is -1.95. The number of amides is 1. The summed E-state index contributed by atoms with van der Waals surface area (Å²) in [5.74, 6) is 0. The first-order valence-corrected chi connectivity index (χ1v) is 3.45. The third-order valence-electron chi connectivity index (χ3n) is 1.05. The van der Waals surface area contributed by atoms with Gasteiger partial charge >= 0.3 is 0 Å². The summed E-state index contributed by atoms with van der Waals surface area (Å²) in [6.07, 6.45) is 8.24. The summed E-state index contributed by atoms with van der Waals surface area (Å²) in [7, 11) is 0. The zero-order valence-corrected chi connectivity index (χ0v) is 6.71. The Kier molecular flexibility index (Phi) is 5.99. The minimum absolute atomic E-state index is 0.511. The van der Waals surface area contributed by atoms with Gasteiger partial charge in [0.05, 0.1) is 0 Å². The van der Waals surface area contributed by atoms with Crippen molar-refractivity contribution in [2.75, 3.05) is 6.54 Å². The van der Waals surface area contributed by atoms with Crippen molar-refractivity contribution in [2.45, 2.75) is 6.92 Å². The van der Waals surface area contributed by atoms with Crippen molar-refractivity contribution in [3.05, 3.63) is 36.5 Å². The Morgan fingerprint density at radius 2 is 2.27 bits per heavy atom. The Morgan fingerprint density at radius 1 is 1.55 bits per heavy atom. The molecule has 0 aliphatic rings. The van der Waals surface area contributed by atoms with Crippen LogP contribution >= 0.6 is 0 Å². The third kappa shape index (κ3) is 6.58. The minimum atomic E-state index is 0.511. The van der Waals surface area contributed by atoms with Crippen molar-refractivity contribution in [3.63, 3.8) is 0 Å². The van der Waals surface area contributed by atoms with Crippen LogP contribution in [0.15, 0.2) is 36.5 Å². The van der Waals surface area contributed by atoms with Crippen molar-refractivity contribution in [3.8, 4) is 0 Å². The molecule has 0 aromatic carbocycles. The maximum Gasteiger partial charge on any atom is 0.207 e. The van der Waals surface area contributed by atoms with E-state index in [1.165, 1.54) is 0 Å². The summed E-state index contributed by atoms with van der Waals surface area (Å²) in [6.45, 7) is 6.17. The van der Waals surface area contributed by atoms with Crippen LogP contribution in [-0.2, 0) is 4.79 Å². The molecule has 0 atom stereocenters. The molecule has 60 valence electrons. The van der Waals surface area contributed by atoms with Crippen LogP contribution in [-0.4, -0.2) is 13.0 Å².